The molecule has 1 aromatic carbocycles. The van der Waals surface area contributed by atoms with Crippen LogP contribution in [0, 0.1) is 0 Å². The van der Waals surface area contributed by atoms with Gasteiger partial charge in [-0.3, -0.25) is 4.79 Å². The summed E-state index contributed by atoms with van der Waals surface area (Å²) in [5, 5.41) is 2.94. The molecule has 0 aliphatic carbocycles. The lowest BCUT2D eigenvalue weighted by atomic mass is 9.75. The normalized spacial score (nSPS) is 20.0. The van der Waals surface area contributed by atoms with Crippen molar-refractivity contribution in [1.82, 2.24) is 5.32 Å². The van der Waals surface area contributed by atoms with Gasteiger partial charge in [-0.25, -0.2) is 4.79 Å². The first-order valence-electron chi connectivity index (χ1n) is 10.7. The zero-order valence-corrected chi connectivity index (χ0v) is 19.3. The highest BCUT2D eigenvalue weighted by molar-refractivity contribution is 6.48. The van der Waals surface area contributed by atoms with Crippen molar-refractivity contribution in [3.63, 3.8) is 0 Å². The van der Waals surface area contributed by atoms with Gasteiger partial charge in [0.15, 0.2) is 0 Å². The van der Waals surface area contributed by atoms with Gasteiger partial charge in [-0.1, -0.05) is 30.3 Å². The third-order valence-corrected chi connectivity index (χ3v) is 6.05. The molecule has 0 aromatic heterocycles. The Kier molecular flexibility index (Phi) is 8.51. The van der Waals surface area contributed by atoms with Gasteiger partial charge in [-0.05, 0) is 59.4 Å². The van der Waals surface area contributed by atoms with Gasteiger partial charge in [0.2, 0.25) is 6.10 Å². The zero-order valence-electron chi connectivity index (χ0n) is 19.3. The van der Waals surface area contributed by atoms with E-state index in [1.54, 1.807) is 6.92 Å². The van der Waals surface area contributed by atoms with E-state index in [1.807, 2.05) is 45.9 Å². The van der Waals surface area contributed by atoms with E-state index in [1.165, 1.54) is 12.7 Å². The second-order valence-electron chi connectivity index (χ2n) is 8.92. The van der Waals surface area contributed by atoms with Gasteiger partial charge in [-0.2, -0.15) is 0 Å². The Hall–Kier alpha value is -2.10. The van der Waals surface area contributed by atoms with Gasteiger partial charge in [0.25, 0.3) is 5.91 Å². The summed E-state index contributed by atoms with van der Waals surface area (Å²) in [4.78, 5) is 24.3. The number of carbonyl (C=O) groups is 2. The van der Waals surface area contributed by atoms with E-state index < -0.39 is 48.5 Å². The van der Waals surface area contributed by atoms with Crippen molar-refractivity contribution in [2.75, 3.05) is 7.11 Å². The minimum atomic E-state index is -1.18. The summed E-state index contributed by atoms with van der Waals surface area (Å²) in [5.41, 5.74) is 5.28. The number of carbonyl (C=O) groups excluding carboxylic acids is 2. The summed E-state index contributed by atoms with van der Waals surface area (Å²) in [6, 6.07) is 10.1. The van der Waals surface area contributed by atoms with E-state index in [9.17, 15) is 9.59 Å². The zero-order chi connectivity index (χ0) is 23.2. The summed E-state index contributed by atoms with van der Waals surface area (Å²) in [5.74, 6) is -0.951. The number of ether oxygens (including phenoxy) is 2. The van der Waals surface area contributed by atoms with Crippen LogP contribution in [0.2, 0.25) is 0 Å². The van der Waals surface area contributed by atoms with Crippen LogP contribution in [0.1, 0.15) is 53.0 Å². The minimum Gasteiger partial charge on any atom is -0.433 e. The Morgan fingerprint density at radius 3 is 2.23 bits per heavy atom. The number of primary amides is 1. The molecule has 9 heteroatoms. The summed E-state index contributed by atoms with van der Waals surface area (Å²) in [7, 11) is 0.790. The summed E-state index contributed by atoms with van der Waals surface area (Å²) in [6.45, 7) is 9.47. The van der Waals surface area contributed by atoms with Crippen LogP contribution in [0.5, 0.6) is 0 Å². The maximum absolute atomic E-state index is 13.0. The number of aryl methyl sites for hydroxylation is 1. The van der Waals surface area contributed by atoms with Crippen LogP contribution in [-0.4, -0.2) is 55.6 Å². The SMILES string of the molecule is CO[C@@H](C)[C@@H](OC(N)=O)C(=O)N[C@@H](CCCc1ccccc1)B1OC(C)(C)C(C)(C)O1. The fourth-order valence-corrected chi connectivity index (χ4v) is 3.38. The van der Waals surface area contributed by atoms with Gasteiger partial charge in [0, 0.05) is 7.11 Å². The van der Waals surface area contributed by atoms with E-state index in [4.69, 9.17) is 24.5 Å². The molecule has 0 spiro atoms. The Morgan fingerprint density at radius 1 is 1.13 bits per heavy atom. The summed E-state index contributed by atoms with van der Waals surface area (Å²) < 4.78 is 22.5. The van der Waals surface area contributed by atoms with Gasteiger partial charge >= 0.3 is 13.2 Å². The largest absolute Gasteiger partial charge is 0.481 e. The Labute approximate surface area is 185 Å². The van der Waals surface area contributed by atoms with E-state index >= 15 is 0 Å². The molecule has 0 saturated carbocycles. The molecule has 1 heterocycles. The second-order valence-corrected chi connectivity index (χ2v) is 8.92. The summed E-state index contributed by atoms with van der Waals surface area (Å²) >= 11 is 0. The Morgan fingerprint density at radius 2 is 1.71 bits per heavy atom. The van der Waals surface area contributed by atoms with Crippen molar-refractivity contribution < 1.29 is 28.4 Å². The molecule has 1 aromatic rings. The van der Waals surface area contributed by atoms with Crippen molar-refractivity contribution in [3.05, 3.63) is 35.9 Å². The first-order valence-corrected chi connectivity index (χ1v) is 10.7. The number of hydrogen-bond donors (Lipinski definition) is 2. The molecule has 1 saturated heterocycles. The van der Waals surface area contributed by atoms with Crippen LogP contribution in [0.4, 0.5) is 4.79 Å². The lowest BCUT2D eigenvalue weighted by Crippen LogP contribution is -2.54. The highest BCUT2D eigenvalue weighted by Gasteiger charge is 2.54. The number of nitrogens with one attached hydrogen (secondary N) is 1. The molecule has 3 atom stereocenters. The molecule has 1 aliphatic rings. The van der Waals surface area contributed by atoms with Crippen molar-refractivity contribution in [2.45, 2.75) is 83.2 Å². The smallest absolute Gasteiger partial charge is 0.433 e. The standard InChI is InChI=1S/C22H35BN2O6/c1-15(28-6)18(29-20(24)27)19(26)25-17(14-10-13-16-11-8-7-9-12-16)23-30-21(2,3)22(4,5)31-23/h7-9,11-12,15,17-18H,10,13-14H2,1-6H3,(H2,24,27)(H,25,26)/t15-,17-,18+/m0/s1. The maximum Gasteiger partial charge on any atom is 0.481 e. The maximum atomic E-state index is 13.0. The van der Waals surface area contributed by atoms with Crippen LogP contribution >= 0.6 is 0 Å². The molecule has 8 nitrogen and oxygen atoms in total. The van der Waals surface area contributed by atoms with Crippen molar-refractivity contribution in [2.24, 2.45) is 5.73 Å². The average Bonchev–Trinajstić information content (AvgIpc) is 2.92. The van der Waals surface area contributed by atoms with Gasteiger partial charge in [0.1, 0.15) is 6.10 Å². The fraction of sp³-hybridized carbons (Fsp3) is 0.636. The van der Waals surface area contributed by atoms with Crippen molar-refractivity contribution in [1.29, 1.82) is 0 Å². The predicted octanol–water partition coefficient (Wildman–Crippen LogP) is 2.62. The molecule has 1 fully saturated rings. The summed E-state index contributed by atoms with van der Waals surface area (Å²) in [6.07, 6.45) is -0.623. The van der Waals surface area contributed by atoms with E-state index in [0.717, 1.165) is 12.8 Å². The number of nitrogens with two attached hydrogens (primary N) is 1. The molecular weight excluding hydrogens is 399 g/mol. The molecule has 1 aliphatic heterocycles. The lowest BCUT2D eigenvalue weighted by Gasteiger charge is -2.32. The van der Waals surface area contributed by atoms with Crippen molar-refractivity contribution >= 4 is 19.1 Å². The average molecular weight is 434 g/mol. The first kappa shape index (κ1) is 25.2. The molecule has 0 unspecified atom stereocenters. The molecule has 31 heavy (non-hydrogen) atoms. The van der Waals surface area contributed by atoms with Crippen LogP contribution in [0.25, 0.3) is 0 Å². The van der Waals surface area contributed by atoms with E-state index in [2.05, 4.69) is 17.4 Å². The van der Waals surface area contributed by atoms with Crippen LogP contribution in [0.3, 0.4) is 0 Å². The van der Waals surface area contributed by atoms with Gasteiger partial charge in [0.05, 0.1) is 17.1 Å². The number of rotatable bonds is 10. The third-order valence-electron chi connectivity index (χ3n) is 6.05. The number of hydrogen-bond acceptors (Lipinski definition) is 6. The number of benzene rings is 1. The van der Waals surface area contributed by atoms with E-state index in [0.29, 0.717) is 6.42 Å². The van der Waals surface area contributed by atoms with Crippen LogP contribution in [0.15, 0.2) is 30.3 Å². The van der Waals surface area contributed by atoms with E-state index in [-0.39, 0.29) is 0 Å². The quantitative estimate of drug-likeness (QED) is 0.548. The molecule has 2 rings (SSSR count). The van der Waals surface area contributed by atoms with Gasteiger partial charge < -0.3 is 29.8 Å². The van der Waals surface area contributed by atoms with Crippen molar-refractivity contribution in [3.8, 4) is 0 Å². The minimum absolute atomic E-state index is 0.444. The fourth-order valence-electron chi connectivity index (χ4n) is 3.38. The first-order chi connectivity index (χ1) is 14.5. The topological polar surface area (TPSA) is 109 Å². The lowest BCUT2D eigenvalue weighted by molar-refractivity contribution is -0.136. The Balaban J connectivity index is 2.14. The molecule has 2 amide bonds. The van der Waals surface area contributed by atoms with Gasteiger partial charge in [-0.15, -0.1) is 0 Å². The highest BCUT2D eigenvalue weighted by atomic mass is 16.7. The molecular formula is C22H35BN2O6. The van der Waals surface area contributed by atoms with Crippen LogP contribution < -0.4 is 11.1 Å². The monoisotopic (exact) mass is 434 g/mol. The Bertz CT molecular complexity index is 727. The van der Waals surface area contributed by atoms with Crippen LogP contribution in [-0.2, 0) is 30.0 Å². The highest BCUT2D eigenvalue weighted by Crippen LogP contribution is 2.38. The third kappa shape index (κ3) is 6.69. The molecule has 0 radical (unpaired) electrons. The molecule has 0 bridgehead atoms. The number of amides is 2. The second kappa shape index (κ2) is 10.5. The number of methoxy groups -OCH3 is 1. The predicted molar refractivity (Wildman–Crippen MR) is 118 cm³/mol. The molecule has 172 valence electrons. The molecule has 3 N–H and O–H groups in total.